The number of rotatable bonds is 4. The van der Waals surface area contributed by atoms with E-state index in [4.69, 9.17) is 15.0 Å². The Bertz CT molecular complexity index is 2710. The van der Waals surface area contributed by atoms with Gasteiger partial charge >= 0.3 is 0 Å². The van der Waals surface area contributed by atoms with Crippen LogP contribution in [0.4, 0.5) is 0 Å². The Labute approximate surface area is 274 Å². The van der Waals surface area contributed by atoms with E-state index in [1.54, 1.807) is 18.2 Å². The highest BCUT2D eigenvalue weighted by molar-refractivity contribution is 6.23. The molecule has 0 aliphatic carbocycles. The maximum Gasteiger partial charge on any atom is 0.238 e. The zero-order valence-electron chi connectivity index (χ0n) is 25.4. The molecule has 0 radical (unpaired) electrons. The SMILES string of the molecule is N#Cc1cccc(C#N)c1-n1c2ccccc2c2ccc3c4ccccc4n(-c4nc(-c5ccccc5)nc(-c5ccccc5)n4)c3c21. The van der Waals surface area contributed by atoms with Crippen molar-refractivity contribution in [2.45, 2.75) is 0 Å². The van der Waals surface area contributed by atoms with Crippen molar-refractivity contribution < 1.29 is 0 Å². The van der Waals surface area contributed by atoms with Gasteiger partial charge in [0.05, 0.1) is 38.9 Å². The van der Waals surface area contributed by atoms with Crippen molar-refractivity contribution in [2.24, 2.45) is 0 Å². The average Bonchev–Trinajstić information content (AvgIpc) is 3.68. The van der Waals surface area contributed by atoms with E-state index in [2.05, 4.69) is 51.6 Å². The van der Waals surface area contributed by atoms with Crippen LogP contribution in [-0.4, -0.2) is 24.1 Å². The minimum absolute atomic E-state index is 0.411. The lowest BCUT2D eigenvalue weighted by Crippen LogP contribution is -2.07. The van der Waals surface area contributed by atoms with Crippen LogP contribution in [-0.2, 0) is 0 Å². The third-order valence-corrected chi connectivity index (χ3v) is 8.86. The van der Waals surface area contributed by atoms with Gasteiger partial charge in [0.15, 0.2) is 11.6 Å². The highest BCUT2D eigenvalue weighted by Gasteiger charge is 2.25. The summed E-state index contributed by atoms with van der Waals surface area (Å²) in [6.07, 6.45) is 0. The van der Waals surface area contributed by atoms with E-state index in [1.807, 2.05) is 91.0 Å². The first-order chi connectivity index (χ1) is 23.7. The smallest absolute Gasteiger partial charge is 0.238 e. The number of nitrogens with zero attached hydrogens (tertiary/aromatic N) is 7. The van der Waals surface area contributed by atoms with Gasteiger partial charge in [-0.3, -0.25) is 4.57 Å². The molecule has 0 bridgehead atoms. The molecule has 48 heavy (non-hydrogen) atoms. The molecular formula is C41H23N7. The van der Waals surface area contributed by atoms with Gasteiger partial charge in [0, 0.05) is 32.7 Å². The Morgan fingerprint density at radius 2 is 0.875 bits per heavy atom. The zero-order valence-corrected chi connectivity index (χ0v) is 25.4. The number of nitriles is 2. The van der Waals surface area contributed by atoms with E-state index < -0.39 is 0 Å². The maximum absolute atomic E-state index is 10.3. The number of aromatic nitrogens is 5. The Hall–Kier alpha value is -7.09. The van der Waals surface area contributed by atoms with Crippen LogP contribution >= 0.6 is 0 Å². The van der Waals surface area contributed by atoms with Crippen LogP contribution < -0.4 is 0 Å². The van der Waals surface area contributed by atoms with E-state index in [-0.39, 0.29) is 0 Å². The summed E-state index contributed by atoms with van der Waals surface area (Å²) in [5.74, 6) is 1.58. The summed E-state index contributed by atoms with van der Waals surface area (Å²) in [5, 5.41) is 24.7. The molecule has 0 saturated carbocycles. The number of fused-ring (bicyclic) bond motifs is 7. The molecule has 0 atom stereocenters. The van der Waals surface area contributed by atoms with Gasteiger partial charge in [-0.2, -0.15) is 20.5 Å². The topological polar surface area (TPSA) is 96.1 Å². The molecule has 9 aromatic rings. The van der Waals surface area contributed by atoms with Gasteiger partial charge in [0.2, 0.25) is 5.95 Å². The lowest BCUT2D eigenvalue weighted by molar-refractivity contribution is 0.953. The zero-order chi connectivity index (χ0) is 32.2. The number of hydrogen-bond donors (Lipinski definition) is 0. The first-order valence-electron chi connectivity index (χ1n) is 15.5. The van der Waals surface area contributed by atoms with E-state index in [9.17, 15) is 10.5 Å². The van der Waals surface area contributed by atoms with Gasteiger partial charge in [0.25, 0.3) is 0 Å². The van der Waals surface area contributed by atoms with Gasteiger partial charge in [-0.25, -0.2) is 4.98 Å². The van der Waals surface area contributed by atoms with Crippen LogP contribution in [0.2, 0.25) is 0 Å². The molecule has 0 fully saturated rings. The largest absolute Gasteiger partial charge is 0.305 e. The standard InChI is InChI=1S/C41H23N7/c42-24-28-16-11-17-29(25-43)36(28)47-34-20-9-7-18-30(34)32-22-23-33-31-19-8-10-21-35(31)48(38(33)37(32)47)41-45-39(26-12-3-1-4-13-26)44-40(46-41)27-14-5-2-6-15-27/h1-23H. The van der Waals surface area contributed by atoms with Crippen LogP contribution in [0, 0.1) is 22.7 Å². The second-order valence-corrected chi connectivity index (χ2v) is 11.5. The summed E-state index contributed by atoms with van der Waals surface area (Å²) in [5.41, 5.74) is 6.65. The van der Waals surface area contributed by atoms with E-state index in [0.29, 0.717) is 34.4 Å². The molecule has 3 heterocycles. The molecular weight excluding hydrogens is 591 g/mol. The fourth-order valence-electron chi connectivity index (χ4n) is 6.80. The molecule has 9 rings (SSSR count). The molecule has 3 aromatic heterocycles. The number of benzene rings is 6. The lowest BCUT2D eigenvalue weighted by atomic mass is 10.1. The summed E-state index contributed by atoms with van der Waals surface area (Å²) in [7, 11) is 0. The third kappa shape index (κ3) is 4.02. The molecule has 0 saturated heterocycles. The van der Waals surface area contributed by atoms with Crippen LogP contribution in [0.1, 0.15) is 11.1 Å². The van der Waals surface area contributed by atoms with Crippen LogP contribution in [0.15, 0.2) is 140 Å². The van der Waals surface area contributed by atoms with Gasteiger partial charge < -0.3 is 4.57 Å². The summed E-state index contributed by atoms with van der Waals surface area (Å²) < 4.78 is 4.17. The van der Waals surface area contributed by atoms with Crippen LogP contribution in [0.3, 0.4) is 0 Å². The molecule has 7 nitrogen and oxygen atoms in total. The minimum atomic E-state index is 0.411. The predicted octanol–water partition coefficient (Wildman–Crippen LogP) is 9.14. The molecule has 0 spiro atoms. The summed E-state index contributed by atoms with van der Waals surface area (Å²) in [6, 6.07) is 50.4. The molecule has 222 valence electrons. The monoisotopic (exact) mass is 613 g/mol. The van der Waals surface area contributed by atoms with E-state index >= 15 is 0 Å². The Morgan fingerprint density at radius 3 is 1.40 bits per heavy atom. The van der Waals surface area contributed by atoms with Gasteiger partial charge in [-0.05, 0) is 24.3 Å². The third-order valence-electron chi connectivity index (χ3n) is 8.86. The summed E-state index contributed by atoms with van der Waals surface area (Å²) in [4.78, 5) is 15.2. The van der Waals surface area contributed by atoms with Gasteiger partial charge in [-0.15, -0.1) is 0 Å². The van der Waals surface area contributed by atoms with Crippen molar-refractivity contribution in [3.8, 4) is 46.5 Å². The molecule has 7 heteroatoms. The molecule has 6 aromatic carbocycles. The number of hydrogen-bond acceptors (Lipinski definition) is 5. The van der Waals surface area contributed by atoms with E-state index in [0.717, 1.165) is 54.7 Å². The Morgan fingerprint density at radius 1 is 0.417 bits per heavy atom. The second kappa shape index (κ2) is 10.8. The van der Waals surface area contributed by atoms with Crippen molar-refractivity contribution in [3.63, 3.8) is 0 Å². The van der Waals surface area contributed by atoms with Crippen LogP contribution in [0.5, 0.6) is 0 Å². The normalized spacial score (nSPS) is 11.3. The van der Waals surface area contributed by atoms with Crippen molar-refractivity contribution in [3.05, 3.63) is 151 Å². The minimum Gasteiger partial charge on any atom is -0.305 e. The first kappa shape index (κ1) is 27.2. The molecule has 0 aliphatic heterocycles. The maximum atomic E-state index is 10.3. The Kier molecular flexibility index (Phi) is 6.11. The van der Waals surface area contributed by atoms with Gasteiger partial charge in [-0.1, -0.05) is 115 Å². The lowest BCUT2D eigenvalue weighted by Gasteiger charge is -2.14. The molecule has 0 amide bonds. The van der Waals surface area contributed by atoms with Gasteiger partial charge in [0.1, 0.15) is 12.1 Å². The summed E-state index contributed by atoms with van der Waals surface area (Å²) in [6.45, 7) is 0. The van der Waals surface area contributed by atoms with Crippen LogP contribution in [0.25, 0.3) is 78.0 Å². The highest BCUT2D eigenvalue weighted by atomic mass is 15.2. The molecule has 0 N–H and O–H groups in total. The molecule has 0 aliphatic rings. The second-order valence-electron chi connectivity index (χ2n) is 11.5. The fraction of sp³-hybridized carbons (Fsp3) is 0. The first-order valence-corrected chi connectivity index (χ1v) is 15.5. The van der Waals surface area contributed by atoms with Crippen molar-refractivity contribution in [1.29, 1.82) is 10.5 Å². The van der Waals surface area contributed by atoms with E-state index in [1.165, 1.54) is 0 Å². The predicted molar refractivity (Wildman–Crippen MR) is 189 cm³/mol. The quantitative estimate of drug-likeness (QED) is 0.197. The summed E-state index contributed by atoms with van der Waals surface area (Å²) >= 11 is 0. The van der Waals surface area contributed by atoms with Crippen molar-refractivity contribution in [1.82, 2.24) is 24.1 Å². The Balaban J connectivity index is 1.50. The van der Waals surface area contributed by atoms with Crippen molar-refractivity contribution in [2.75, 3.05) is 0 Å². The van der Waals surface area contributed by atoms with Crippen molar-refractivity contribution >= 4 is 43.6 Å². The average molecular weight is 614 g/mol. The molecule has 0 unspecified atom stereocenters. The number of para-hydroxylation sites is 3. The highest BCUT2D eigenvalue weighted by Crippen LogP contribution is 2.42. The fourth-order valence-corrected chi connectivity index (χ4v) is 6.80.